The minimum atomic E-state index is -0.545. The number of ether oxygens (including phenoxy) is 1. The van der Waals surface area contributed by atoms with E-state index in [1.54, 1.807) is 6.92 Å². The molecule has 23 heavy (non-hydrogen) atoms. The monoisotopic (exact) mass is 322 g/mol. The summed E-state index contributed by atoms with van der Waals surface area (Å²) in [7, 11) is 1.35. The molecule has 7 heteroatoms. The maximum absolute atomic E-state index is 12.3. The first-order chi connectivity index (χ1) is 11.1. The zero-order valence-electron chi connectivity index (χ0n) is 13.5. The fraction of sp³-hybridized carbons (Fsp3) is 0.438. The molecule has 0 fully saturated rings. The van der Waals surface area contributed by atoms with Crippen LogP contribution >= 0.6 is 0 Å². The summed E-state index contributed by atoms with van der Waals surface area (Å²) in [4.78, 5) is 35.0. The van der Waals surface area contributed by atoms with Gasteiger partial charge >= 0.3 is 12.0 Å². The van der Waals surface area contributed by atoms with Gasteiger partial charge in [0.25, 0.3) is 5.91 Å². The van der Waals surface area contributed by atoms with Crippen molar-refractivity contribution in [1.29, 1.82) is 0 Å². The van der Waals surface area contributed by atoms with Crippen molar-refractivity contribution >= 4 is 17.9 Å². The van der Waals surface area contributed by atoms with Crippen LogP contribution in [0.3, 0.4) is 0 Å². The Balaban J connectivity index is 2.65. The van der Waals surface area contributed by atoms with Crippen LogP contribution in [0.2, 0.25) is 0 Å². The average Bonchev–Trinajstić information content (AvgIpc) is 2.55. The highest BCUT2D eigenvalue weighted by molar-refractivity contribution is 5.96. The van der Waals surface area contributed by atoms with E-state index in [9.17, 15) is 14.4 Å². The first-order valence-electron chi connectivity index (χ1n) is 7.62. The van der Waals surface area contributed by atoms with Gasteiger partial charge in [0.2, 0.25) is 0 Å². The average molecular weight is 322 g/mol. The Morgan fingerprint density at radius 1 is 1.22 bits per heavy atom. The van der Waals surface area contributed by atoms with E-state index >= 15 is 0 Å². The number of carbonyl (C=O) groups excluding carboxylic acids is 3. The van der Waals surface area contributed by atoms with Gasteiger partial charge in [0.15, 0.2) is 6.04 Å². The van der Waals surface area contributed by atoms with Crippen LogP contribution in [0, 0.1) is 0 Å². The van der Waals surface area contributed by atoms with Crippen molar-refractivity contribution < 1.29 is 24.4 Å². The van der Waals surface area contributed by atoms with Gasteiger partial charge in [-0.15, -0.1) is 0 Å². The lowest BCUT2D eigenvalue weighted by Gasteiger charge is -2.15. The van der Waals surface area contributed by atoms with Crippen LogP contribution in [-0.2, 0) is 14.3 Å². The van der Waals surface area contributed by atoms with E-state index in [1.165, 1.54) is 7.11 Å². The summed E-state index contributed by atoms with van der Waals surface area (Å²) >= 11 is 0. The number of carbonyl (C=O) groups is 3. The molecule has 0 aliphatic rings. The van der Waals surface area contributed by atoms with Crippen LogP contribution in [0.1, 0.15) is 31.4 Å². The Bertz CT molecular complexity index is 519. The smallest absolute Gasteiger partial charge is 0.321 e. The van der Waals surface area contributed by atoms with Crippen molar-refractivity contribution in [3.05, 3.63) is 35.9 Å². The van der Waals surface area contributed by atoms with E-state index in [2.05, 4.69) is 15.4 Å². The first kappa shape index (κ1) is 18.6. The second-order valence-electron chi connectivity index (χ2n) is 4.94. The number of methoxy groups -OCH3 is 1. The molecule has 0 saturated heterocycles. The second-order valence-corrected chi connectivity index (χ2v) is 4.94. The predicted molar refractivity (Wildman–Crippen MR) is 84.4 cm³/mol. The zero-order chi connectivity index (χ0) is 17.1. The highest BCUT2D eigenvalue weighted by Crippen LogP contribution is 2.08. The van der Waals surface area contributed by atoms with Crippen LogP contribution in [0.15, 0.2) is 30.3 Å². The molecule has 0 bridgehead atoms. The fourth-order valence-corrected chi connectivity index (χ4v) is 2.08. The number of imide groups is 1. The standard InChI is InChI=1S/C16H23N3O4/c1-3-17-16(22)19-15(21)14(12-8-5-4-6-9-12)18-11-7-10-13(20)23-2/h4-6,8-9,14,18H,3,7,10-11H2,1-2H3,(H2,17,19,21,22)/p+1/t14-/m0/s1. The summed E-state index contributed by atoms with van der Waals surface area (Å²) < 4.78 is 4.58. The molecule has 1 aromatic carbocycles. The quantitative estimate of drug-likeness (QED) is 0.466. The molecule has 3 amide bonds. The van der Waals surface area contributed by atoms with Crippen LogP contribution in [0.4, 0.5) is 4.79 Å². The maximum atomic E-state index is 12.3. The number of benzene rings is 1. The highest BCUT2D eigenvalue weighted by Gasteiger charge is 2.25. The number of hydrogen-bond donors (Lipinski definition) is 3. The summed E-state index contributed by atoms with van der Waals surface area (Å²) in [6, 6.07) is 8.14. The minimum absolute atomic E-state index is 0.276. The largest absolute Gasteiger partial charge is 0.469 e. The third-order valence-corrected chi connectivity index (χ3v) is 3.23. The van der Waals surface area contributed by atoms with E-state index in [-0.39, 0.29) is 11.9 Å². The maximum Gasteiger partial charge on any atom is 0.321 e. The second kappa shape index (κ2) is 10.3. The molecule has 4 N–H and O–H groups in total. The number of amides is 3. The summed E-state index contributed by atoms with van der Waals surface area (Å²) in [6.45, 7) is 2.78. The van der Waals surface area contributed by atoms with Crippen molar-refractivity contribution in [2.75, 3.05) is 20.2 Å². The molecule has 0 spiro atoms. The molecular formula is C16H24N3O4+. The first-order valence-corrected chi connectivity index (χ1v) is 7.62. The summed E-state index contributed by atoms with van der Waals surface area (Å²) in [5.74, 6) is -0.665. The number of urea groups is 1. The van der Waals surface area contributed by atoms with E-state index in [0.29, 0.717) is 25.9 Å². The summed E-state index contributed by atoms with van der Waals surface area (Å²) in [5.41, 5.74) is 0.798. The van der Waals surface area contributed by atoms with E-state index in [4.69, 9.17) is 0 Å². The number of nitrogens with one attached hydrogen (secondary N) is 2. The fourth-order valence-electron chi connectivity index (χ4n) is 2.08. The van der Waals surface area contributed by atoms with Crippen LogP contribution in [-0.4, -0.2) is 38.1 Å². The van der Waals surface area contributed by atoms with Gasteiger partial charge in [0.1, 0.15) is 0 Å². The van der Waals surface area contributed by atoms with E-state index in [1.807, 2.05) is 35.6 Å². The normalized spacial score (nSPS) is 11.4. The Morgan fingerprint density at radius 2 is 1.91 bits per heavy atom. The SMILES string of the molecule is CCNC(=O)NC(=O)[C@@H]([NH2+]CCCC(=O)OC)c1ccccc1. The van der Waals surface area contributed by atoms with Crippen LogP contribution in [0.25, 0.3) is 0 Å². The van der Waals surface area contributed by atoms with Crippen LogP contribution < -0.4 is 16.0 Å². The van der Waals surface area contributed by atoms with Crippen molar-refractivity contribution in [2.24, 2.45) is 0 Å². The minimum Gasteiger partial charge on any atom is -0.469 e. The predicted octanol–water partition coefficient (Wildman–Crippen LogP) is 0.0900. The van der Waals surface area contributed by atoms with Gasteiger partial charge in [-0.05, 0) is 6.92 Å². The van der Waals surface area contributed by atoms with Gasteiger partial charge in [0, 0.05) is 18.5 Å². The molecule has 1 aromatic rings. The van der Waals surface area contributed by atoms with Crippen molar-refractivity contribution in [3.8, 4) is 0 Å². The third-order valence-electron chi connectivity index (χ3n) is 3.23. The molecule has 0 aromatic heterocycles. The lowest BCUT2D eigenvalue weighted by atomic mass is 10.1. The number of rotatable bonds is 8. The van der Waals surface area contributed by atoms with Crippen molar-refractivity contribution in [2.45, 2.75) is 25.8 Å². The van der Waals surface area contributed by atoms with Gasteiger partial charge in [-0.2, -0.15) is 0 Å². The summed E-state index contributed by atoms with van der Waals surface area (Å²) in [6.07, 6.45) is 0.886. The number of quaternary nitrogens is 1. The van der Waals surface area contributed by atoms with E-state index in [0.717, 1.165) is 5.56 Å². The molecule has 0 saturated carbocycles. The highest BCUT2D eigenvalue weighted by atomic mass is 16.5. The molecule has 0 heterocycles. The lowest BCUT2D eigenvalue weighted by Crippen LogP contribution is -2.87. The molecule has 0 aliphatic heterocycles. The number of hydrogen-bond acceptors (Lipinski definition) is 4. The molecule has 1 rings (SSSR count). The van der Waals surface area contributed by atoms with Crippen LogP contribution in [0.5, 0.6) is 0 Å². The van der Waals surface area contributed by atoms with Crippen molar-refractivity contribution in [3.63, 3.8) is 0 Å². The van der Waals surface area contributed by atoms with Gasteiger partial charge < -0.3 is 15.4 Å². The Kier molecular flexibility index (Phi) is 8.38. The van der Waals surface area contributed by atoms with E-state index < -0.39 is 12.1 Å². The molecule has 7 nitrogen and oxygen atoms in total. The molecular weight excluding hydrogens is 298 g/mol. The van der Waals surface area contributed by atoms with Crippen molar-refractivity contribution in [1.82, 2.24) is 10.6 Å². The van der Waals surface area contributed by atoms with Gasteiger partial charge in [-0.25, -0.2) is 4.79 Å². The molecule has 0 aliphatic carbocycles. The zero-order valence-corrected chi connectivity index (χ0v) is 13.5. The number of nitrogens with two attached hydrogens (primary N) is 1. The molecule has 126 valence electrons. The molecule has 1 atom stereocenters. The van der Waals surface area contributed by atoms with Gasteiger partial charge in [-0.3, -0.25) is 14.9 Å². The lowest BCUT2D eigenvalue weighted by molar-refractivity contribution is -0.683. The number of esters is 1. The van der Waals surface area contributed by atoms with Gasteiger partial charge in [0.05, 0.1) is 20.1 Å². The van der Waals surface area contributed by atoms with Gasteiger partial charge in [-0.1, -0.05) is 30.3 Å². The summed E-state index contributed by atoms with van der Waals surface area (Å²) in [5, 5.41) is 6.67. The molecule has 0 unspecified atom stereocenters. The Labute approximate surface area is 135 Å². The Morgan fingerprint density at radius 3 is 2.52 bits per heavy atom. The molecule has 0 radical (unpaired) electrons. The topological polar surface area (TPSA) is 101 Å². The Hall–Kier alpha value is -2.41. The third kappa shape index (κ3) is 6.92.